The lowest BCUT2D eigenvalue weighted by atomic mass is 9.88. The Hall–Kier alpha value is -0.610. The molecule has 2 aliphatic rings. The molecule has 2 N–H and O–H groups in total. The van der Waals surface area contributed by atoms with Crippen molar-refractivity contribution in [1.29, 1.82) is 0 Å². The van der Waals surface area contributed by atoms with E-state index >= 15 is 0 Å². The summed E-state index contributed by atoms with van der Waals surface area (Å²) in [4.78, 5) is 11.8. The van der Waals surface area contributed by atoms with Crippen LogP contribution in [0.1, 0.15) is 58.3 Å². The molecule has 0 bridgehead atoms. The van der Waals surface area contributed by atoms with Gasteiger partial charge in [0.05, 0.1) is 12.7 Å². The van der Waals surface area contributed by atoms with Crippen LogP contribution in [-0.2, 0) is 9.53 Å². The van der Waals surface area contributed by atoms with Crippen molar-refractivity contribution in [2.75, 3.05) is 26.2 Å². The number of carbonyl (C=O) groups excluding carboxylic acids is 1. The normalized spacial score (nSPS) is 27.5. The van der Waals surface area contributed by atoms with E-state index in [1.165, 1.54) is 38.5 Å². The standard InChI is InChI=1S/C17H32N2O2/c1-14-4-2-3-5-16(14)21-13-12-19-17(20)7-6-15-8-10-18-11-9-15/h14-16,18H,2-13H2,1H3,(H,19,20). The molecular weight excluding hydrogens is 264 g/mol. The van der Waals surface area contributed by atoms with Crippen LogP contribution in [-0.4, -0.2) is 38.3 Å². The van der Waals surface area contributed by atoms with Crippen molar-refractivity contribution >= 4 is 5.91 Å². The van der Waals surface area contributed by atoms with E-state index in [0.29, 0.717) is 31.6 Å². The monoisotopic (exact) mass is 296 g/mol. The van der Waals surface area contributed by atoms with Crippen LogP contribution in [0.3, 0.4) is 0 Å². The summed E-state index contributed by atoms with van der Waals surface area (Å²) in [6.45, 7) is 5.82. The van der Waals surface area contributed by atoms with Gasteiger partial charge in [0.2, 0.25) is 5.91 Å². The van der Waals surface area contributed by atoms with Gasteiger partial charge in [-0.25, -0.2) is 0 Å². The average Bonchev–Trinajstić information content (AvgIpc) is 2.52. The number of piperidine rings is 1. The summed E-state index contributed by atoms with van der Waals surface area (Å²) in [5.41, 5.74) is 0. The number of nitrogens with one attached hydrogen (secondary N) is 2. The molecule has 1 aliphatic carbocycles. The smallest absolute Gasteiger partial charge is 0.220 e. The highest BCUT2D eigenvalue weighted by Crippen LogP contribution is 2.26. The molecule has 0 aromatic heterocycles. The fourth-order valence-electron chi connectivity index (χ4n) is 3.52. The maximum atomic E-state index is 11.8. The SMILES string of the molecule is CC1CCCCC1OCCNC(=O)CCC1CCNCC1. The van der Waals surface area contributed by atoms with Crippen LogP contribution in [0.4, 0.5) is 0 Å². The number of hydrogen-bond donors (Lipinski definition) is 2. The highest BCUT2D eigenvalue weighted by Gasteiger charge is 2.21. The zero-order valence-electron chi connectivity index (χ0n) is 13.5. The molecule has 1 aliphatic heterocycles. The molecule has 2 unspecified atom stereocenters. The first-order chi connectivity index (χ1) is 10.3. The summed E-state index contributed by atoms with van der Waals surface area (Å²) < 4.78 is 5.92. The van der Waals surface area contributed by atoms with Gasteiger partial charge in [-0.2, -0.15) is 0 Å². The molecule has 2 atom stereocenters. The molecule has 122 valence electrons. The molecule has 4 heteroatoms. The fourth-order valence-corrected chi connectivity index (χ4v) is 3.52. The summed E-state index contributed by atoms with van der Waals surface area (Å²) in [6.07, 6.45) is 9.65. The molecule has 0 spiro atoms. The number of amides is 1. The summed E-state index contributed by atoms with van der Waals surface area (Å²) in [6, 6.07) is 0. The van der Waals surface area contributed by atoms with Gasteiger partial charge in [-0.15, -0.1) is 0 Å². The second-order valence-electron chi connectivity index (χ2n) is 6.75. The third kappa shape index (κ3) is 6.35. The highest BCUT2D eigenvalue weighted by atomic mass is 16.5. The van der Waals surface area contributed by atoms with Crippen molar-refractivity contribution in [3.63, 3.8) is 0 Å². The summed E-state index contributed by atoms with van der Waals surface area (Å²) in [5, 5.41) is 6.36. The minimum absolute atomic E-state index is 0.189. The van der Waals surface area contributed by atoms with E-state index in [1.807, 2.05) is 0 Å². The lowest BCUT2D eigenvalue weighted by molar-refractivity contribution is -0.121. The largest absolute Gasteiger partial charge is 0.376 e. The van der Waals surface area contributed by atoms with E-state index in [4.69, 9.17) is 4.74 Å². The summed E-state index contributed by atoms with van der Waals surface area (Å²) in [5.74, 6) is 1.60. The highest BCUT2D eigenvalue weighted by molar-refractivity contribution is 5.75. The van der Waals surface area contributed by atoms with Crippen molar-refractivity contribution in [2.45, 2.75) is 64.4 Å². The Bertz CT molecular complexity index is 303. The Morgan fingerprint density at radius 1 is 1.19 bits per heavy atom. The number of carbonyl (C=O) groups is 1. The maximum absolute atomic E-state index is 11.8. The quantitative estimate of drug-likeness (QED) is 0.710. The second kappa shape index (κ2) is 9.42. The molecular formula is C17H32N2O2. The van der Waals surface area contributed by atoms with E-state index in [0.717, 1.165) is 25.4 Å². The van der Waals surface area contributed by atoms with E-state index in [9.17, 15) is 4.79 Å². The van der Waals surface area contributed by atoms with Crippen LogP contribution < -0.4 is 10.6 Å². The van der Waals surface area contributed by atoms with Crippen LogP contribution in [0.2, 0.25) is 0 Å². The minimum Gasteiger partial charge on any atom is -0.376 e. The summed E-state index contributed by atoms with van der Waals surface area (Å²) in [7, 11) is 0. The molecule has 0 radical (unpaired) electrons. The van der Waals surface area contributed by atoms with Crippen LogP contribution in [0.15, 0.2) is 0 Å². The second-order valence-corrected chi connectivity index (χ2v) is 6.75. The Morgan fingerprint density at radius 2 is 1.95 bits per heavy atom. The molecule has 2 fully saturated rings. The Morgan fingerprint density at radius 3 is 2.71 bits per heavy atom. The first kappa shape index (κ1) is 16.8. The average molecular weight is 296 g/mol. The molecule has 0 aromatic carbocycles. The van der Waals surface area contributed by atoms with Gasteiger partial charge in [0.15, 0.2) is 0 Å². The van der Waals surface area contributed by atoms with Gasteiger partial charge >= 0.3 is 0 Å². The van der Waals surface area contributed by atoms with Crippen molar-refractivity contribution in [1.82, 2.24) is 10.6 Å². The van der Waals surface area contributed by atoms with Crippen molar-refractivity contribution in [2.24, 2.45) is 11.8 Å². The first-order valence-electron chi connectivity index (χ1n) is 8.84. The van der Waals surface area contributed by atoms with E-state index in [2.05, 4.69) is 17.6 Å². The Kier molecular flexibility index (Phi) is 7.51. The first-order valence-corrected chi connectivity index (χ1v) is 8.84. The maximum Gasteiger partial charge on any atom is 0.220 e. The van der Waals surface area contributed by atoms with Crippen molar-refractivity contribution in [3.05, 3.63) is 0 Å². The number of rotatable bonds is 7. The number of ether oxygens (including phenoxy) is 1. The Balaban J connectivity index is 1.48. The van der Waals surface area contributed by atoms with Gasteiger partial charge in [0, 0.05) is 13.0 Å². The third-order valence-electron chi connectivity index (χ3n) is 5.03. The lowest BCUT2D eigenvalue weighted by Gasteiger charge is -2.28. The van der Waals surface area contributed by atoms with Gasteiger partial charge in [0.25, 0.3) is 0 Å². The third-order valence-corrected chi connectivity index (χ3v) is 5.03. The predicted molar refractivity (Wildman–Crippen MR) is 85.2 cm³/mol. The van der Waals surface area contributed by atoms with Crippen LogP contribution in [0.25, 0.3) is 0 Å². The summed E-state index contributed by atoms with van der Waals surface area (Å²) >= 11 is 0. The zero-order valence-corrected chi connectivity index (χ0v) is 13.5. The zero-order chi connectivity index (χ0) is 14.9. The number of hydrogen-bond acceptors (Lipinski definition) is 3. The van der Waals surface area contributed by atoms with Gasteiger partial charge in [-0.05, 0) is 57.0 Å². The molecule has 1 amide bonds. The minimum atomic E-state index is 0.189. The predicted octanol–water partition coefficient (Wildman–Crippen LogP) is 2.48. The molecule has 1 saturated carbocycles. The Labute approximate surface area is 129 Å². The van der Waals surface area contributed by atoms with E-state index < -0.39 is 0 Å². The van der Waals surface area contributed by atoms with Crippen molar-refractivity contribution in [3.8, 4) is 0 Å². The van der Waals surface area contributed by atoms with Gasteiger partial charge in [0.1, 0.15) is 0 Å². The van der Waals surface area contributed by atoms with Crippen LogP contribution >= 0.6 is 0 Å². The van der Waals surface area contributed by atoms with Gasteiger partial charge < -0.3 is 15.4 Å². The molecule has 1 saturated heterocycles. The molecule has 1 heterocycles. The molecule has 2 rings (SSSR count). The fraction of sp³-hybridized carbons (Fsp3) is 0.941. The van der Waals surface area contributed by atoms with E-state index in [-0.39, 0.29) is 5.91 Å². The van der Waals surface area contributed by atoms with Gasteiger partial charge in [-0.3, -0.25) is 4.79 Å². The van der Waals surface area contributed by atoms with Gasteiger partial charge in [-0.1, -0.05) is 19.8 Å². The molecule has 4 nitrogen and oxygen atoms in total. The molecule has 21 heavy (non-hydrogen) atoms. The van der Waals surface area contributed by atoms with Crippen LogP contribution in [0.5, 0.6) is 0 Å². The van der Waals surface area contributed by atoms with Crippen LogP contribution in [0, 0.1) is 11.8 Å². The van der Waals surface area contributed by atoms with Crippen molar-refractivity contribution < 1.29 is 9.53 Å². The lowest BCUT2D eigenvalue weighted by Crippen LogP contribution is -2.32. The van der Waals surface area contributed by atoms with E-state index in [1.54, 1.807) is 0 Å². The topological polar surface area (TPSA) is 50.4 Å². The molecule has 0 aromatic rings.